The van der Waals surface area contributed by atoms with E-state index in [2.05, 4.69) is 211 Å². The minimum absolute atomic E-state index is 0.837. The van der Waals surface area contributed by atoms with Gasteiger partial charge in [0.2, 0.25) is 0 Å². The van der Waals surface area contributed by atoms with E-state index < -0.39 is 0 Å². The van der Waals surface area contributed by atoms with Gasteiger partial charge in [-0.2, -0.15) is 0 Å². The van der Waals surface area contributed by atoms with Gasteiger partial charge in [0.05, 0.1) is 5.69 Å². The molecule has 0 spiro atoms. The molecule has 11 aromatic rings. The maximum atomic E-state index is 6.85. The van der Waals surface area contributed by atoms with Crippen LogP contribution in [-0.2, 0) is 0 Å². The summed E-state index contributed by atoms with van der Waals surface area (Å²) in [5.74, 6) is 1.69. The lowest BCUT2D eigenvalue weighted by Crippen LogP contribution is -2.10. The lowest BCUT2D eigenvalue weighted by molar-refractivity contribution is 0.488. The second kappa shape index (κ2) is 14.3. The topological polar surface area (TPSA) is 25.6 Å². The number of rotatable bonds is 6. The number of furan rings is 1. The van der Waals surface area contributed by atoms with Gasteiger partial charge in [-0.05, 0) is 105 Å². The van der Waals surface area contributed by atoms with Crippen LogP contribution in [0.4, 0.5) is 17.1 Å². The van der Waals surface area contributed by atoms with E-state index in [1.165, 1.54) is 16.7 Å². The van der Waals surface area contributed by atoms with E-state index in [4.69, 9.17) is 9.15 Å². The van der Waals surface area contributed by atoms with Crippen molar-refractivity contribution >= 4 is 49.8 Å². The zero-order chi connectivity index (χ0) is 40.3. The summed E-state index contributed by atoms with van der Waals surface area (Å²) in [5, 5.41) is 4.49. The molecular weight excluding hydrogens is 743 g/mol. The molecule has 1 aliphatic heterocycles. The summed E-state index contributed by atoms with van der Waals surface area (Å²) >= 11 is 0. The van der Waals surface area contributed by atoms with Crippen LogP contribution in [0.5, 0.6) is 11.5 Å². The third-order valence-corrected chi connectivity index (χ3v) is 12.1. The largest absolute Gasteiger partial charge is 0.456 e. The molecule has 286 valence electrons. The monoisotopic (exact) mass is 779 g/mol. The maximum Gasteiger partial charge on any atom is 0.143 e. The third kappa shape index (κ3) is 5.90. The predicted molar refractivity (Wildman–Crippen MR) is 253 cm³/mol. The van der Waals surface area contributed by atoms with E-state index >= 15 is 0 Å². The first-order valence-corrected chi connectivity index (χ1v) is 20.7. The van der Waals surface area contributed by atoms with Crippen molar-refractivity contribution in [2.24, 2.45) is 0 Å². The smallest absolute Gasteiger partial charge is 0.143 e. The molecule has 2 heterocycles. The van der Waals surface area contributed by atoms with Crippen molar-refractivity contribution in [3.63, 3.8) is 0 Å². The molecular formula is C58H37NO2. The quantitative estimate of drug-likeness (QED) is 0.168. The highest BCUT2D eigenvalue weighted by Gasteiger charge is 2.25. The van der Waals surface area contributed by atoms with E-state index in [0.29, 0.717) is 0 Å². The molecule has 0 N–H and O–H groups in total. The maximum absolute atomic E-state index is 6.85. The lowest BCUT2D eigenvalue weighted by atomic mass is 9.88. The van der Waals surface area contributed by atoms with E-state index in [0.717, 1.165) is 100 Å². The zero-order valence-corrected chi connectivity index (χ0v) is 33.1. The van der Waals surface area contributed by atoms with Crippen molar-refractivity contribution in [2.75, 3.05) is 4.90 Å². The standard InChI is InChI=1S/C58H37NO2/c1-3-13-38(14-4-1)40-25-30-43(31-26-40)59(44-32-27-41(28-33-44)45-19-11-21-51-49-18-8-10-24-55(49)61-58(45)51)53-22-12-20-50-47(53)35-36-56-57(50)52-37-42(39-15-5-2-6-16-39)29-34-46(52)48-17-7-9-23-54(48)60-56/h1-37H. The fraction of sp³-hybridized carbons (Fsp3) is 0. The lowest BCUT2D eigenvalue weighted by Gasteiger charge is -2.28. The average Bonchev–Trinajstić information content (AvgIpc) is 3.65. The molecule has 3 heteroatoms. The van der Waals surface area contributed by atoms with E-state index in [1.54, 1.807) is 0 Å². The highest BCUT2D eigenvalue weighted by atomic mass is 16.5. The van der Waals surface area contributed by atoms with Crippen LogP contribution < -0.4 is 9.64 Å². The fourth-order valence-electron chi connectivity index (χ4n) is 9.20. The van der Waals surface area contributed by atoms with Gasteiger partial charge >= 0.3 is 0 Å². The van der Waals surface area contributed by atoms with Crippen molar-refractivity contribution in [1.82, 2.24) is 0 Å². The summed E-state index contributed by atoms with van der Waals surface area (Å²) in [6.45, 7) is 0. The van der Waals surface area contributed by atoms with Crippen LogP contribution in [0.1, 0.15) is 0 Å². The van der Waals surface area contributed by atoms with E-state index in [9.17, 15) is 0 Å². The fourth-order valence-corrected chi connectivity index (χ4v) is 9.20. The average molecular weight is 780 g/mol. The molecule has 0 saturated heterocycles. The SMILES string of the molecule is c1ccc(-c2ccc(N(c3ccc(-c4cccc5c4oc4ccccc45)cc3)c3cccc4c5c(ccc34)Oc3ccccc3-c3ccc(-c4ccccc4)cc3-5)cc2)cc1. The Morgan fingerprint density at radius 1 is 0.311 bits per heavy atom. The first-order chi connectivity index (χ1) is 30.2. The minimum Gasteiger partial charge on any atom is -0.456 e. The predicted octanol–water partition coefficient (Wildman–Crippen LogP) is 16.6. The van der Waals surface area contributed by atoms with E-state index in [1.807, 2.05) is 18.2 Å². The van der Waals surface area contributed by atoms with Gasteiger partial charge < -0.3 is 14.1 Å². The summed E-state index contributed by atoms with van der Waals surface area (Å²) in [6.07, 6.45) is 0. The summed E-state index contributed by atoms with van der Waals surface area (Å²) in [5.41, 5.74) is 16.3. The Hall–Kier alpha value is -8.14. The van der Waals surface area contributed by atoms with Crippen molar-refractivity contribution in [1.29, 1.82) is 0 Å². The van der Waals surface area contributed by atoms with E-state index in [-0.39, 0.29) is 0 Å². The summed E-state index contributed by atoms with van der Waals surface area (Å²) in [4.78, 5) is 2.38. The Labute approximate surface area is 354 Å². The molecule has 1 aliphatic rings. The molecule has 61 heavy (non-hydrogen) atoms. The van der Waals surface area contributed by atoms with Crippen molar-refractivity contribution in [2.45, 2.75) is 0 Å². The molecule has 3 nitrogen and oxygen atoms in total. The summed E-state index contributed by atoms with van der Waals surface area (Å²) in [7, 11) is 0. The number of nitrogens with zero attached hydrogens (tertiary/aromatic N) is 1. The van der Waals surface area contributed by atoms with Crippen molar-refractivity contribution in [3.8, 4) is 67.1 Å². The molecule has 0 radical (unpaired) electrons. The van der Waals surface area contributed by atoms with Crippen LogP contribution in [0.15, 0.2) is 229 Å². The van der Waals surface area contributed by atoms with Gasteiger partial charge in [-0.15, -0.1) is 0 Å². The molecule has 12 rings (SSSR count). The van der Waals surface area contributed by atoms with Crippen LogP contribution in [0.25, 0.3) is 88.3 Å². The Kier molecular flexibility index (Phi) is 8.17. The van der Waals surface area contributed by atoms with Crippen LogP contribution in [0.2, 0.25) is 0 Å². The number of para-hydroxylation sites is 3. The van der Waals surface area contributed by atoms with Crippen LogP contribution in [-0.4, -0.2) is 0 Å². The van der Waals surface area contributed by atoms with Crippen LogP contribution >= 0.6 is 0 Å². The Morgan fingerprint density at radius 3 is 1.69 bits per heavy atom. The normalized spacial score (nSPS) is 11.7. The molecule has 0 fully saturated rings. The van der Waals surface area contributed by atoms with Gasteiger partial charge in [0.25, 0.3) is 0 Å². The second-order valence-electron chi connectivity index (χ2n) is 15.6. The summed E-state index contributed by atoms with van der Waals surface area (Å²) < 4.78 is 13.3. The molecule has 10 aromatic carbocycles. The van der Waals surface area contributed by atoms with Gasteiger partial charge in [-0.3, -0.25) is 0 Å². The number of hydrogen-bond acceptors (Lipinski definition) is 3. The van der Waals surface area contributed by atoms with Crippen LogP contribution in [0, 0.1) is 0 Å². The highest BCUT2D eigenvalue weighted by Crippen LogP contribution is 2.52. The minimum atomic E-state index is 0.837. The Morgan fingerprint density at radius 2 is 0.902 bits per heavy atom. The van der Waals surface area contributed by atoms with Gasteiger partial charge in [0.1, 0.15) is 22.7 Å². The van der Waals surface area contributed by atoms with Gasteiger partial charge in [0.15, 0.2) is 0 Å². The van der Waals surface area contributed by atoms with Crippen molar-refractivity contribution < 1.29 is 9.15 Å². The Bertz CT molecular complexity index is 3420. The third-order valence-electron chi connectivity index (χ3n) is 12.1. The molecule has 1 aromatic heterocycles. The molecule has 0 aliphatic carbocycles. The number of ether oxygens (including phenoxy) is 1. The number of fused-ring (bicyclic) bond motifs is 10. The number of anilines is 3. The zero-order valence-electron chi connectivity index (χ0n) is 33.1. The van der Waals surface area contributed by atoms with Gasteiger partial charge in [-0.25, -0.2) is 0 Å². The molecule has 0 atom stereocenters. The Balaban J connectivity index is 1.05. The summed E-state index contributed by atoms with van der Waals surface area (Å²) in [6, 6.07) is 79.8. The van der Waals surface area contributed by atoms with Crippen molar-refractivity contribution in [3.05, 3.63) is 224 Å². The van der Waals surface area contributed by atoms with Gasteiger partial charge in [-0.1, -0.05) is 164 Å². The molecule has 0 unspecified atom stereocenters. The highest BCUT2D eigenvalue weighted by molar-refractivity contribution is 6.12. The molecule has 0 saturated carbocycles. The van der Waals surface area contributed by atoms with Gasteiger partial charge in [0, 0.05) is 44.2 Å². The first kappa shape index (κ1) is 34.9. The molecule has 0 amide bonds. The molecule has 0 bridgehead atoms. The second-order valence-corrected chi connectivity index (χ2v) is 15.6. The number of benzene rings is 10. The first-order valence-electron chi connectivity index (χ1n) is 20.7. The number of hydrogen-bond donors (Lipinski definition) is 0. The van der Waals surface area contributed by atoms with Crippen LogP contribution in [0.3, 0.4) is 0 Å².